The molecule has 0 fully saturated rings. The van der Waals surface area contributed by atoms with Gasteiger partial charge in [-0.15, -0.1) is 0 Å². The lowest BCUT2D eigenvalue weighted by Crippen LogP contribution is -2.37. The van der Waals surface area contributed by atoms with Crippen LogP contribution < -0.4 is 0 Å². The van der Waals surface area contributed by atoms with Crippen molar-refractivity contribution in [1.29, 1.82) is 0 Å². The molecule has 1 aliphatic carbocycles. The molecular weight excluding hydrogens is 254 g/mol. The summed E-state index contributed by atoms with van der Waals surface area (Å²) >= 11 is 0. The van der Waals surface area contributed by atoms with E-state index in [1.807, 2.05) is 0 Å². The topological polar surface area (TPSA) is 38.8 Å². The normalized spacial score (nSPS) is 16.6. The number of hydrogen-bond donors (Lipinski definition) is 0. The second kappa shape index (κ2) is 7.41. The molecule has 1 aromatic rings. The fourth-order valence-corrected chi connectivity index (χ4v) is 2.70. The van der Waals surface area contributed by atoms with Gasteiger partial charge in [0.1, 0.15) is 0 Å². The fourth-order valence-electron chi connectivity index (χ4n) is 2.70. The molecule has 0 N–H and O–H groups in total. The summed E-state index contributed by atoms with van der Waals surface area (Å²) < 4.78 is 9.86. The summed E-state index contributed by atoms with van der Waals surface area (Å²) in [5.41, 5.74) is 2.91. The number of esters is 1. The van der Waals surface area contributed by atoms with Crippen molar-refractivity contribution in [2.75, 3.05) is 40.5 Å². The minimum atomic E-state index is -0.151. The van der Waals surface area contributed by atoms with Gasteiger partial charge in [-0.1, -0.05) is 24.3 Å². The van der Waals surface area contributed by atoms with E-state index in [-0.39, 0.29) is 5.97 Å². The first-order valence-electron chi connectivity index (χ1n) is 7.10. The van der Waals surface area contributed by atoms with Gasteiger partial charge in [0.05, 0.1) is 20.1 Å². The van der Waals surface area contributed by atoms with Gasteiger partial charge in [-0.3, -0.25) is 9.69 Å². The molecule has 1 aromatic carbocycles. The van der Waals surface area contributed by atoms with Gasteiger partial charge in [0, 0.05) is 32.7 Å². The molecule has 0 spiro atoms. The van der Waals surface area contributed by atoms with Crippen LogP contribution in [-0.2, 0) is 20.7 Å². The third kappa shape index (κ3) is 3.81. The van der Waals surface area contributed by atoms with Crippen LogP contribution in [0.25, 0.3) is 0 Å². The molecule has 4 heteroatoms. The number of carbonyl (C=O) groups excluding carboxylic acids is 1. The summed E-state index contributed by atoms with van der Waals surface area (Å²) in [6, 6.07) is 8.59. The molecule has 0 bridgehead atoms. The van der Waals surface area contributed by atoms with Crippen molar-refractivity contribution in [2.24, 2.45) is 0 Å². The van der Waals surface area contributed by atoms with Gasteiger partial charge < -0.3 is 9.47 Å². The number of nitrogens with zero attached hydrogens (tertiary/aromatic N) is 1. The average molecular weight is 277 g/mol. The van der Waals surface area contributed by atoms with Crippen molar-refractivity contribution >= 4 is 5.97 Å². The van der Waals surface area contributed by atoms with Crippen LogP contribution in [0.2, 0.25) is 0 Å². The fraction of sp³-hybridized carbons (Fsp3) is 0.562. The van der Waals surface area contributed by atoms with Crippen LogP contribution in [0.5, 0.6) is 0 Å². The number of benzene rings is 1. The molecule has 0 aliphatic heterocycles. The van der Waals surface area contributed by atoms with Crippen molar-refractivity contribution in [3.05, 3.63) is 35.4 Å². The molecule has 0 heterocycles. The van der Waals surface area contributed by atoms with Gasteiger partial charge >= 0.3 is 5.97 Å². The molecule has 0 aromatic heterocycles. The van der Waals surface area contributed by atoms with Gasteiger partial charge in [0.2, 0.25) is 0 Å². The molecular formula is C16H23NO3. The molecule has 0 saturated carbocycles. The molecule has 2 rings (SSSR count). The summed E-state index contributed by atoms with van der Waals surface area (Å²) in [4.78, 5) is 13.6. The highest BCUT2D eigenvalue weighted by Crippen LogP contribution is 2.35. The Bertz CT molecular complexity index is 447. The highest BCUT2D eigenvalue weighted by atomic mass is 16.5. The van der Waals surface area contributed by atoms with Crippen molar-refractivity contribution in [2.45, 2.75) is 18.8 Å². The number of rotatable bonds is 8. The highest BCUT2D eigenvalue weighted by Gasteiger charge is 2.27. The Hall–Kier alpha value is -1.39. The Morgan fingerprint density at radius 1 is 1.30 bits per heavy atom. The maximum absolute atomic E-state index is 11.3. The molecule has 1 aliphatic rings. The first kappa shape index (κ1) is 15.0. The lowest BCUT2D eigenvalue weighted by molar-refractivity contribution is -0.141. The van der Waals surface area contributed by atoms with Crippen LogP contribution in [0.4, 0.5) is 0 Å². The summed E-state index contributed by atoms with van der Waals surface area (Å²) in [5.74, 6) is 0.433. The van der Waals surface area contributed by atoms with Crippen molar-refractivity contribution in [3.8, 4) is 0 Å². The van der Waals surface area contributed by atoms with Crippen LogP contribution >= 0.6 is 0 Å². The Labute approximate surface area is 120 Å². The number of ether oxygens (including phenoxy) is 2. The predicted octanol–water partition coefficient (Wildman–Crippen LogP) is 1.84. The zero-order chi connectivity index (χ0) is 14.4. The quantitative estimate of drug-likeness (QED) is 0.680. The number of methoxy groups -OCH3 is 2. The summed E-state index contributed by atoms with van der Waals surface area (Å²) in [6.07, 6.45) is 1.58. The van der Waals surface area contributed by atoms with E-state index in [0.29, 0.717) is 18.9 Å². The van der Waals surface area contributed by atoms with Crippen LogP contribution in [0.15, 0.2) is 24.3 Å². The monoisotopic (exact) mass is 277 g/mol. The van der Waals surface area contributed by atoms with E-state index in [1.54, 1.807) is 7.11 Å². The Morgan fingerprint density at radius 3 is 2.80 bits per heavy atom. The molecule has 20 heavy (non-hydrogen) atoms. The standard InChI is InChI=1S/C16H23NO3/c1-19-10-9-17(8-7-16(18)20-2)12-14-11-13-5-3-4-6-15(13)14/h3-6,14H,7-12H2,1-2H3. The SMILES string of the molecule is COCCN(CCC(=O)OC)CC1Cc2ccccc21. The van der Waals surface area contributed by atoms with Crippen molar-refractivity contribution in [1.82, 2.24) is 4.90 Å². The van der Waals surface area contributed by atoms with Gasteiger partial charge in [-0.25, -0.2) is 0 Å². The van der Waals surface area contributed by atoms with Crippen molar-refractivity contribution in [3.63, 3.8) is 0 Å². The van der Waals surface area contributed by atoms with Gasteiger partial charge in [-0.2, -0.15) is 0 Å². The molecule has 0 radical (unpaired) electrons. The summed E-state index contributed by atoms with van der Waals surface area (Å²) in [5, 5.41) is 0. The first-order chi connectivity index (χ1) is 9.74. The molecule has 0 amide bonds. The Balaban J connectivity index is 1.86. The first-order valence-corrected chi connectivity index (χ1v) is 7.10. The smallest absolute Gasteiger partial charge is 0.306 e. The van der Waals surface area contributed by atoms with Crippen molar-refractivity contribution < 1.29 is 14.3 Å². The lowest BCUT2D eigenvalue weighted by atomic mass is 9.77. The number of carbonyl (C=O) groups is 1. The Morgan fingerprint density at radius 2 is 2.10 bits per heavy atom. The van der Waals surface area contributed by atoms with E-state index >= 15 is 0 Å². The third-order valence-corrected chi connectivity index (χ3v) is 3.91. The minimum Gasteiger partial charge on any atom is -0.469 e. The van der Waals surface area contributed by atoms with E-state index in [0.717, 1.165) is 26.1 Å². The zero-order valence-electron chi connectivity index (χ0n) is 12.3. The van der Waals surface area contributed by atoms with E-state index in [9.17, 15) is 4.79 Å². The van der Waals surface area contributed by atoms with Crippen LogP contribution in [0.3, 0.4) is 0 Å². The van der Waals surface area contributed by atoms with Crippen LogP contribution in [0.1, 0.15) is 23.5 Å². The molecule has 4 nitrogen and oxygen atoms in total. The van der Waals surface area contributed by atoms with Gasteiger partial charge in [0.25, 0.3) is 0 Å². The van der Waals surface area contributed by atoms with Crippen LogP contribution in [0, 0.1) is 0 Å². The predicted molar refractivity (Wildman–Crippen MR) is 77.8 cm³/mol. The largest absolute Gasteiger partial charge is 0.469 e. The van der Waals surface area contributed by atoms with E-state index < -0.39 is 0 Å². The molecule has 110 valence electrons. The summed E-state index contributed by atoms with van der Waals surface area (Å²) in [7, 11) is 3.14. The molecule has 1 atom stereocenters. The zero-order valence-corrected chi connectivity index (χ0v) is 12.3. The second-order valence-corrected chi connectivity index (χ2v) is 5.22. The highest BCUT2D eigenvalue weighted by molar-refractivity contribution is 5.69. The van der Waals surface area contributed by atoms with Gasteiger partial charge in [0.15, 0.2) is 0 Å². The summed E-state index contributed by atoms with van der Waals surface area (Å²) in [6.45, 7) is 3.26. The van der Waals surface area contributed by atoms with E-state index in [4.69, 9.17) is 9.47 Å². The lowest BCUT2D eigenvalue weighted by Gasteiger charge is -2.34. The molecule has 0 saturated heterocycles. The Kier molecular flexibility index (Phi) is 5.56. The van der Waals surface area contributed by atoms with E-state index in [1.165, 1.54) is 18.2 Å². The van der Waals surface area contributed by atoms with Gasteiger partial charge in [-0.05, 0) is 17.5 Å². The second-order valence-electron chi connectivity index (χ2n) is 5.22. The molecule has 1 unspecified atom stereocenters. The van der Waals surface area contributed by atoms with Crippen LogP contribution in [-0.4, -0.2) is 51.3 Å². The average Bonchev–Trinajstić information content (AvgIpc) is 2.46. The van der Waals surface area contributed by atoms with E-state index in [2.05, 4.69) is 29.2 Å². The maximum Gasteiger partial charge on any atom is 0.306 e. The maximum atomic E-state index is 11.3. The third-order valence-electron chi connectivity index (χ3n) is 3.91. The number of fused-ring (bicyclic) bond motifs is 1. The number of hydrogen-bond acceptors (Lipinski definition) is 4. The minimum absolute atomic E-state index is 0.151.